The standard InChI is InChI=1S/C10H13ClO4S/c1-16(14,15)9(6-12)10(13)7-2-4-8(11)5-3-7/h2-5,9-10,12-13H,6H2,1H3/t9-,10-/m0/s1. The van der Waals surface area contributed by atoms with Gasteiger partial charge in [-0.15, -0.1) is 0 Å². The van der Waals surface area contributed by atoms with Crippen LogP contribution >= 0.6 is 11.6 Å². The Balaban J connectivity index is 3.00. The van der Waals surface area contributed by atoms with Gasteiger partial charge in [0.15, 0.2) is 9.84 Å². The topological polar surface area (TPSA) is 74.6 Å². The Bertz CT molecular complexity index is 440. The molecule has 1 aromatic carbocycles. The van der Waals surface area contributed by atoms with Crippen LogP contribution in [0.15, 0.2) is 24.3 Å². The van der Waals surface area contributed by atoms with Crippen molar-refractivity contribution in [3.05, 3.63) is 34.9 Å². The summed E-state index contributed by atoms with van der Waals surface area (Å²) in [5, 5.41) is 18.1. The Morgan fingerprint density at radius 2 is 1.81 bits per heavy atom. The molecule has 2 N–H and O–H groups in total. The van der Waals surface area contributed by atoms with E-state index in [-0.39, 0.29) is 0 Å². The van der Waals surface area contributed by atoms with Crippen LogP contribution in [0.1, 0.15) is 11.7 Å². The van der Waals surface area contributed by atoms with Crippen LogP contribution in [-0.2, 0) is 9.84 Å². The molecule has 0 heterocycles. The van der Waals surface area contributed by atoms with Crippen molar-refractivity contribution in [2.75, 3.05) is 12.9 Å². The summed E-state index contributed by atoms with van der Waals surface area (Å²) in [6.07, 6.45) is -0.273. The number of benzene rings is 1. The molecule has 1 rings (SSSR count). The highest BCUT2D eigenvalue weighted by Gasteiger charge is 2.29. The molecule has 0 saturated carbocycles. The van der Waals surface area contributed by atoms with Gasteiger partial charge in [-0.05, 0) is 17.7 Å². The normalized spacial score (nSPS) is 15.8. The number of hydrogen-bond donors (Lipinski definition) is 2. The lowest BCUT2D eigenvalue weighted by Gasteiger charge is -2.19. The molecule has 0 spiro atoms. The predicted molar refractivity (Wildman–Crippen MR) is 62.1 cm³/mol. The molecule has 1 aromatic rings. The van der Waals surface area contributed by atoms with Crippen LogP contribution in [0.25, 0.3) is 0 Å². The van der Waals surface area contributed by atoms with E-state index in [9.17, 15) is 13.5 Å². The average molecular weight is 265 g/mol. The molecule has 0 aliphatic heterocycles. The van der Waals surface area contributed by atoms with E-state index in [0.717, 1.165) is 6.26 Å². The zero-order valence-electron chi connectivity index (χ0n) is 8.67. The highest BCUT2D eigenvalue weighted by molar-refractivity contribution is 7.91. The van der Waals surface area contributed by atoms with Gasteiger partial charge in [-0.1, -0.05) is 23.7 Å². The summed E-state index contributed by atoms with van der Waals surface area (Å²) in [7, 11) is -3.51. The molecule has 0 amide bonds. The van der Waals surface area contributed by atoms with Gasteiger partial charge < -0.3 is 10.2 Å². The van der Waals surface area contributed by atoms with Crippen LogP contribution < -0.4 is 0 Å². The summed E-state index contributed by atoms with van der Waals surface area (Å²) in [6, 6.07) is 6.16. The molecule has 4 nitrogen and oxygen atoms in total. The van der Waals surface area contributed by atoms with Gasteiger partial charge in [0.1, 0.15) is 5.25 Å². The van der Waals surface area contributed by atoms with E-state index in [1.807, 2.05) is 0 Å². The quantitative estimate of drug-likeness (QED) is 0.843. The molecule has 0 bridgehead atoms. The fourth-order valence-corrected chi connectivity index (χ4v) is 2.37. The summed E-state index contributed by atoms with van der Waals surface area (Å²) < 4.78 is 22.6. The molecular weight excluding hydrogens is 252 g/mol. The van der Waals surface area contributed by atoms with Gasteiger partial charge in [0, 0.05) is 11.3 Å². The van der Waals surface area contributed by atoms with Gasteiger partial charge in [-0.25, -0.2) is 8.42 Å². The minimum atomic E-state index is -3.51. The first-order chi connectivity index (χ1) is 7.36. The first-order valence-corrected chi connectivity index (χ1v) is 6.92. The molecule has 6 heteroatoms. The van der Waals surface area contributed by atoms with Crippen LogP contribution in [0, 0.1) is 0 Å². The molecule has 0 saturated heterocycles. The molecule has 0 aliphatic rings. The number of halogens is 1. The molecule has 0 fully saturated rings. The minimum Gasteiger partial charge on any atom is -0.395 e. The van der Waals surface area contributed by atoms with Gasteiger partial charge in [0.25, 0.3) is 0 Å². The van der Waals surface area contributed by atoms with Crippen molar-refractivity contribution in [3.63, 3.8) is 0 Å². The smallest absolute Gasteiger partial charge is 0.155 e. The number of sulfone groups is 1. The van der Waals surface area contributed by atoms with Crippen LogP contribution in [0.5, 0.6) is 0 Å². The Labute approximate surface area is 99.4 Å². The SMILES string of the molecule is CS(=O)(=O)[C@@H](CO)[C@@H](O)c1ccc(Cl)cc1. The zero-order chi connectivity index (χ0) is 12.3. The van der Waals surface area contributed by atoms with Gasteiger partial charge in [0.05, 0.1) is 12.7 Å². The van der Waals surface area contributed by atoms with Crippen molar-refractivity contribution in [1.82, 2.24) is 0 Å². The highest BCUT2D eigenvalue weighted by Crippen LogP contribution is 2.23. The lowest BCUT2D eigenvalue weighted by molar-refractivity contribution is 0.138. The summed E-state index contributed by atoms with van der Waals surface area (Å²) in [5.41, 5.74) is 0.411. The monoisotopic (exact) mass is 264 g/mol. The Morgan fingerprint density at radius 1 is 1.31 bits per heavy atom. The lowest BCUT2D eigenvalue weighted by atomic mass is 10.1. The Hall–Kier alpha value is -0.620. The summed E-state index contributed by atoms with van der Waals surface area (Å²) in [5.74, 6) is 0. The van der Waals surface area contributed by atoms with Crippen molar-refractivity contribution < 1.29 is 18.6 Å². The molecule has 90 valence electrons. The van der Waals surface area contributed by atoms with Crippen molar-refractivity contribution in [2.24, 2.45) is 0 Å². The minimum absolute atomic E-state index is 0.411. The fraction of sp³-hybridized carbons (Fsp3) is 0.400. The van der Waals surface area contributed by atoms with E-state index in [1.54, 1.807) is 12.1 Å². The molecule has 0 aliphatic carbocycles. The van der Waals surface area contributed by atoms with Gasteiger partial charge in [-0.3, -0.25) is 0 Å². The molecular formula is C10H13ClO4S. The Morgan fingerprint density at radius 3 is 2.19 bits per heavy atom. The largest absolute Gasteiger partial charge is 0.395 e. The van der Waals surface area contributed by atoms with E-state index in [4.69, 9.17) is 16.7 Å². The summed E-state index contributed by atoms with van der Waals surface area (Å²) in [6.45, 7) is -0.622. The number of hydrogen-bond acceptors (Lipinski definition) is 4. The highest BCUT2D eigenvalue weighted by atomic mass is 35.5. The molecule has 0 aromatic heterocycles. The Kier molecular flexibility index (Phi) is 4.32. The van der Waals surface area contributed by atoms with Crippen LogP contribution in [0.2, 0.25) is 5.02 Å². The maximum absolute atomic E-state index is 11.3. The third-order valence-electron chi connectivity index (χ3n) is 2.29. The van der Waals surface area contributed by atoms with Crippen molar-refractivity contribution >= 4 is 21.4 Å². The third-order valence-corrected chi connectivity index (χ3v) is 4.05. The maximum Gasteiger partial charge on any atom is 0.155 e. The molecule has 0 radical (unpaired) electrons. The van der Waals surface area contributed by atoms with Gasteiger partial charge in [-0.2, -0.15) is 0 Å². The van der Waals surface area contributed by atoms with E-state index >= 15 is 0 Å². The van der Waals surface area contributed by atoms with Crippen molar-refractivity contribution in [2.45, 2.75) is 11.4 Å². The third kappa shape index (κ3) is 3.18. The lowest BCUT2D eigenvalue weighted by Crippen LogP contribution is -2.31. The number of rotatable bonds is 4. The van der Waals surface area contributed by atoms with E-state index in [2.05, 4.69) is 0 Å². The van der Waals surface area contributed by atoms with E-state index in [1.165, 1.54) is 12.1 Å². The van der Waals surface area contributed by atoms with E-state index < -0.39 is 27.8 Å². The molecule has 16 heavy (non-hydrogen) atoms. The number of aliphatic hydroxyl groups excluding tert-OH is 2. The first-order valence-electron chi connectivity index (χ1n) is 4.59. The van der Waals surface area contributed by atoms with Crippen LogP contribution in [0.4, 0.5) is 0 Å². The molecule has 2 atom stereocenters. The van der Waals surface area contributed by atoms with Crippen LogP contribution in [-0.4, -0.2) is 36.7 Å². The molecule has 0 unspecified atom stereocenters. The average Bonchev–Trinajstić information content (AvgIpc) is 2.17. The van der Waals surface area contributed by atoms with E-state index in [0.29, 0.717) is 10.6 Å². The maximum atomic E-state index is 11.3. The summed E-state index contributed by atoms with van der Waals surface area (Å²) >= 11 is 5.67. The van der Waals surface area contributed by atoms with Gasteiger partial charge >= 0.3 is 0 Å². The summed E-state index contributed by atoms with van der Waals surface area (Å²) in [4.78, 5) is 0. The predicted octanol–water partition coefficient (Wildman–Crippen LogP) is 0.779. The zero-order valence-corrected chi connectivity index (χ0v) is 10.2. The van der Waals surface area contributed by atoms with Gasteiger partial charge in [0.2, 0.25) is 0 Å². The second-order valence-corrected chi connectivity index (χ2v) is 6.25. The number of aliphatic hydroxyl groups is 2. The fourth-order valence-electron chi connectivity index (χ4n) is 1.34. The second kappa shape index (κ2) is 5.14. The first kappa shape index (κ1) is 13.4. The van der Waals surface area contributed by atoms with Crippen molar-refractivity contribution in [1.29, 1.82) is 0 Å². The van der Waals surface area contributed by atoms with Crippen LogP contribution in [0.3, 0.4) is 0 Å². The second-order valence-electron chi connectivity index (χ2n) is 3.55. The van der Waals surface area contributed by atoms with Crippen molar-refractivity contribution in [3.8, 4) is 0 Å².